The number of carbonyl (C=O) groups excluding carboxylic acids is 1. The number of aromatic nitrogens is 1. The van der Waals surface area contributed by atoms with Gasteiger partial charge in [-0.05, 0) is 56.2 Å². The van der Waals surface area contributed by atoms with Crippen molar-refractivity contribution in [1.82, 2.24) is 9.29 Å². The fraction of sp³-hybridized carbons (Fsp3) is 0.300. The van der Waals surface area contributed by atoms with Crippen molar-refractivity contribution in [2.45, 2.75) is 36.1 Å². The summed E-state index contributed by atoms with van der Waals surface area (Å²) in [6, 6.07) is 10.4. The molecule has 1 atom stereocenters. The van der Waals surface area contributed by atoms with Gasteiger partial charge in [-0.1, -0.05) is 23.9 Å². The van der Waals surface area contributed by atoms with Crippen LogP contribution in [0.4, 0.5) is 5.69 Å². The summed E-state index contributed by atoms with van der Waals surface area (Å²) < 4.78 is 31.4. The summed E-state index contributed by atoms with van der Waals surface area (Å²) in [6.45, 7) is 5.67. The Morgan fingerprint density at radius 1 is 1.17 bits per heavy atom. The number of benzene rings is 2. The Hall–Kier alpha value is -2.36. The molecule has 0 saturated heterocycles. The first-order valence-electron chi connectivity index (χ1n) is 8.96. The van der Waals surface area contributed by atoms with Crippen molar-refractivity contribution >= 4 is 44.5 Å². The van der Waals surface area contributed by atoms with E-state index in [1.54, 1.807) is 13.0 Å². The second-order valence-corrected chi connectivity index (χ2v) is 10.4. The van der Waals surface area contributed by atoms with Crippen LogP contribution in [-0.4, -0.2) is 43.0 Å². The van der Waals surface area contributed by atoms with Gasteiger partial charge in [0.05, 0.1) is 10.1 Å². The number of nitrogens with one attached hydrogen (secondary N) is 1. The number of oxazole rings is 1. The number of amides is 1. The largest absolute Gasteiger partial charge is 0.431 e. The van der Waals surface area contributed by atoms with E-state index in [-0.39, 0.29) is 10.8 Å². The lowest BCUT2D eigenvalue weighted by Crippen LogP contribution is -2.22. The van der Waals surface area contributed by atoms with E-state index in [1.807, 2.05) is 32.0 Å². The molecule has 3 aromatic rings. The Morgan fingerprint density at radius 2 is 1.90 bits per heavy atom. The number of rotatable bonds is 6. The van der Waals surface area contributed by atoms with Crippen LogP contribution in [0.3, 0.4) is 0 Å². The smallest absolute Gasteiger partial charge is 0.257 e. The Kier molecular flexibility index (Phi) is 6.02. The molecule has 0 aliphatic carbocycles. The highest BCUT2D eigenvalue weighted by atomic mass is 32.2. The summed E-state index contributed by atoms with van der Waals surface area (Å²) in [5.74, 6) is -0.165. The van der Waals surface area contributed by atoms with Crippen molar-refractivity contribution in [3.05, 3.63) is 47.5 Å². The van der Waals surface area contributed by atoms with E-state index in [0.717, 1.165) is 21.1 Å². The molecule has 0 saturated carbocycles. The summed E-state index contributed by atoms with van der Waals surface area (Å²) in [5, 5.41) is 2.79. The molecule has 0 aliphatic heterocycles. The second kappa shape index (κ2) is 8.17. The molecule has 1 N–H and O–H groups in total. The van der Waals surface area contributed by atoms with Crippen LogP contribution >= 0.6 is 11.8 Å². The lowest BCUT2D eigenvalue weighted by molar-refractivity contribution is -0.115. The van der Waals surface area contributed by atoms with Crippen LogP contribution in [0.25, 0.3) is 11.1 Å². The van der Waals surface area contributed by atoms with E-state index in [0.29, 0.717) is 16.3 Å². The van der Waals surface area contributed by atoms with Crippen molar-refractivity contribution in [2.24, 2.45) is 0 Å². The lowest BCUT2D eigenvalue weighted by atomic mass is 10.1. The van der Waals surface area contributed by atoms with E-state index in [4.69, 9.17) is 4.42 Å². The molecular formula is C20H23N3O4S2. The first-order chi connectivity index (χ1) is 13.6. The number of fused-ring (bicyclic) bond motifs is 1. The fourth-order valence-electron chi connectivity index (χ4n) is 2.62. The minimum atomic E-state index is -3.56. The standard InChI is InChI=1S/C20H23N3O4S2/c1-12-6-7-13(2)16(10-12)21-19(24)14(3)28-20-22-17-11-15(8-9-18(17)27-20)29(25,26)23(4)5/h6-11,14H,1-5H3,(H,21,24). The molecule has 29 heavy (non-hydrogen) atoms. The summed E-state index contributed by atoms with van der Waals surface area (Å²) in [7, 11) is -0.613. The molecule has 3 rings (SSSR count). The van der Waals surface area contributed by atoms with Crippen molar-refractivity contribution < 1.29 is 17.6 Å². The number of carbonyl (C=O) groups is 1. The van der Waals surface area contributed by atoms with Crippen LogP contribution in [0.1, 0.15) is 18.1 Å². The van der Waals surface area contributed by atoms with Crippen molar-refractivity contribution in [2.75, 3.05) is 19.4 Å². The quantitative estimate of drug-likeness (QED) is 0.594. The van der Waals surface area contributed by atoms with Gasteiger partial charge in [-0.15, -0.1) is 0 Å². The zero-order valence-corrected chi connectivity index (χ0v) is 18.5. The Bertz CT molecular complexity index is 1170. The maximum atomic E-state index is 12.6. The Labute approximate surface area is 174 Å². The molecule has 7 nitrogen and oxygen atoms in total. The van der Waals surface area contributed by atoms with Crippen LogP contribution in [0.5, 0.6) is 0 Å². The summed E-state index contributed by atoms with van der Waals surface area (Å²) in [4.78, 5) is 17.0. The van der Waals surface area contributed by atoms with Crippen LogP contribution in [-0.2, 0) is 14.8 Å². The zero-order chi connectivity index (χ0) is 21.3. The van der Waals surface area contributed by atoms with E-state index in [2.05, 4.69) is 10.3 Å². The molecule has 2 aromatic carbocycles. The van der Waals surface area contributed by atoms with E-state index in [1.165, 1.54) is 38.0 Å². The summed E-state index contributed by atoms with van der Waals surface area (Å²) in [5.41, 5.74) is 3.72. The van der Waals surface area contributed by atoms with Crippen molar-refractivity contribution in [1.29, 1.82) is 0 Å². The first kappa shape index (κ1) is 21.4. The van der Waals surface area contributed by atoms with E-state index in [9.17, 15) is 13.2 Å². The molecule has 0 spiro atoms. The van der Waals surface area contributed by atoms with Crippen LogP contribution in [0, 0.1) is 13.8 Å². The number of hydrogen-bond acceptors (Lipinski definition) is 6. The van der Waals surface area contributed by atoms with Gasteiger partial charge in [-0.25, -0.2) is 17.7 Å². The van der Waals surface area contributed by atoms with Gasteiger partial charge < -0.3 is 9.73 Å². The van der Waals surface area contributed by atoms with Crippen LogP contribution in [0.2, 0.25) is 0 Å². The molecule has 1 unspecified atom stereocenters. The molecule has 1 aromatic heterocycles. The number of anilines is 1. The third-order valence-corrected chi connectivity index (χ3v) is 7.17. The van der Waals surface area contributed by atoms with Gasteiger partial charge in [-0.2, -0.15) is 0 Å². The van der Waals surface area contributed by atoms with Crippen molar-refractivity contribution in [3.63, 3.8) is 0 Å². The maximum Gasteiger partial charge on any atom is 0.257 e. The third-order valence-electron chi connectivity index (χ3n) is 4.42. The highest BCUT2D eigenvalue weighted by molar-refractivity contribution is 8.00. The Balaban J connectivity index is 1.77. The molecule has 0 bridgehead atoms. The highest BCUT2D eigenvalue weighted by Gasteiger charge is 2.21. The predicted molar refractivity (Wildman–Crippen MR) is 115 cm³/mol. The first-order valence-corrected chi connectivity index (χ1v) is 11.3. The van der Waals surface area contributed by atoms with Gasteiger partial charge in [0.15, 0.2) is 5.58 Å². The van der Waals surface area contributed by atoms with Gasteiger partial charge in [0.25, 0.3) is 5.22 Å². The lowest BCUT2D eigenvalue weighted by Gasteiger charge is -2.12. The van der Waals surface area contributed by atoms with Gasteiger partial charge in [0.1, 0.15) is 5.52 Å². The minimum absolute atomic E-state index is 0.139. The van der Waals surface area contributed by atoms with Gasteiger partial charge in [0.2, 0.25) is 15.9 Å². The van der Waals surface area contributed by atoms with E-state index >= 15 is 0 Å². The number of aryl methyl sites for hydroxylation is 2. The number of thioether (sulfide) groups is 1. The summed E-state index contributed by atoms with van der Waals surface area (Å²) in [6.07, 6.45) is 0. The van der Waals surface area contributed by atoms with Crippen molar-refractivity contribution in [3.8, 4) is 0 Å². The van der Waals surface area contributed by atoms with Crippen LogP contribution < -0.4 is 5.32 Å². The topological polar surface area (TPSA) is 92.5 Å². The SMILES string of the molecule is Cc1ccc(C)c(NC(=O)C(C)Sc2nc3cc(S(=O)(=O)N(C)C)ccc3o2)c1. The molecule has 1 amide bonds. The minimum Gasteiger partial charge on any atom is -0.431 e. The normalized spacial score (nSPS) is 13.0. The maximum absolute atomic E-state index is 12.6. The predicted octanol–water partition coefficient (Wildman–Crippen LogP) is 3.81. The van der Waals surface area contributed by atoms with Gasteiger partial charge >= 0.3 is 0 Å². The molecule has 154 valence electrons. The van der Waals surface area contributed by atoms with Gasteiger partial charge in [-0.3, -0.25) is 4.79 Å². The Morgan fingerprint density at radius 3 is 2.59 bits per heavy atom. The third kappa shape index (κ3) is 4.63. The zero-order valence-electron chi connectivity index (χ0n) is 16.9. The second-order valence-electron chi connectivity index (χ2n) is 6.96. The average molecular weight is 434 g/mol. The molecular weight excluding hydrogens is 410 g/mol. The number of hydrogen-bond donors (Lipinski definition) is 1. The summed E-state index contributed by atoms with van der Waals surface area (Å²) >= 11 is 1.18. The average Bonchev–Trinajstić information content (AvgIpc) is 3.05. The van der Waals surface area contributed by atoms with Gasteiger partial charge in [0, 0.05) is 19.8 Å². The molecule has 0 radical (unpaired) electrons. The fourth-order valence-corrected chi connectivity index (χ4v) is 4.30. The molecule has 0 aliphatic rings. The number of sulfonamides is 1. The molecule has 1 heterocycles. The highest BCUT2D eigenvalue weighted by Crippen LogP contribution is 2.29. The monoisotopic (exact) mass is 433 g/mol. The molecule has 9 heteroatoms. The van der Waals surface area contributed by atoms with Crippen LogP contribution in [0.15, 0.2) is 50.9 Å². The van der Waals surface area contributed by atoms with E-state index < -0.39 is 15.3 Å². The molecule has 0 fully saturated rings. The number of nitrogens with zero attached hydrogens (tertiary/aromatic N) is 2.